The lowest BCUT2D eigenvalue weighted by Gasteiger charge is -2.45. The van der Waals surface area contributed by atoms with Crippen LogP contribution in [0.1, 0.15) is 55.8 Å². The van der Waals surface area contributed by atoms with E-state index in [1.165, 1.54) is 12.8 Å². The summed E-state index contributed by atoms with van der Waals surface area (Å²) in [4.78, 5) is 39.1. The highest BCUT2D eigenvalue weighted by Crippen LogP contribution is 2.39. The molecule has 1 aliphatic carbocycles. The smallest absolute Gasteiger partial charge is 0.343 e. The highest BCUT2D eigenvalue weighted by atomic mass is 16.5. The summed E-state index contributed by atoms with van der Waals surface area (Å²) in [6, 6.07) is 5.45. The number of carbonyl (C=O) groups is 2. The molecule has 1 saturated heterocycles. The molecule has 204 valence electrons. The molecule has 0 bridgehead atoms. The van der Waals surface area contributed by atoms with E-state index < -0.39 is 0 Å². The van der Waals surface area contributed by atoms with Crippen molar-refractivity contribution in [2.45, 2.75) is 51.5 Å². The van der Waals surface area contributed by atoms with Crippen LogP contribution in [0.15, 0.2) is 24.4 Å². The number of likely N-dealkylation sites (tertiary alicyclic amines) is 1. The minimum absolute atomic E-state index is 0.0767. The van der Waals surface area contributed by atoms with Crippen molar-refractivity contribution >= 4 is 35.1 Å². The molecule has 38 heavy (non-hydrogen) atoms. The number of benzene rings is 1. The number of anilines is 4. The fourth-order valence-corrected chi connectivity index (χ4v) is 5.61. The van der Waals surface area contributed by atoms with Gasteiger partial charge in [-0.15, -0.1) is 0 Å². The number of aromatic nitrogens is 2. The zero-order valence-corrected chi connectivity index (χ0v) is 22.6. The molecular formula is C27H38N8O3. The molecule has 0 spiro atoms. The summed E-state index contributed by atoms with van der Waals surface area (Å²) in [6.07, 6.45) is 8.49. The number of ether oxygens (including phenoxy) is 1. The molecule has 5 rings (SSSR count). The third-order valence-corrected chi connectivity index (χ3v) is 7.69. The molecule has 3 aliphatic rings. The molecule has 2 aromatic rings. The molecule has 0 atom stereocenters. The quantitative estimate of drug-likeness (QED) is 0.515. The van der Waals surface area contributed by atoms with E-state index in [4.69, 9.17) is 9.72 Å². The van der Waals surface area contributed by atoms with Crippen molar-refractivity contribution in [2.75, 3.05) is 62.1 Å². The van der Waals surface area contributed by atoms with Gasteiger partial charge in [0.2, 0.25) is 5.95 Å². The van der Waals surface area contributed by atoms with Crippen molar-refractivity contribution in [3.63, 3.8) is 0 Å². The number of hydrogen-bond donors (Lipinski definition) is 2. The number of urea groups is 1. The van der Waals surface area contributed by atoms with Gasteiger partial charge < -0.3 is 20.3 Å². The second-order valence-corrected chi connectivity index (χ2v) is 10.1. The minimum atomic E-state index is -0.126. The predicted octanol–water partition coefficient (Wildman–Crippen LogP) is 3.61. The van der Waals surface area contributed by atoms with Gasteiger partial charge in [0.1, 0.15) is 11.4 Å². The van der Waals surface area contributed by atoms with Crippen molar-refractivity contribution in [2.24, 2.45) is 0 Å². The van der Waals surface area contributed by atoms with Crippen LogP contribution in [0.2, 0.25) is 0 Å². The molecule has 1 aromatic carbocycles. The summed E-state index contributed by atoms with van der Waals surface area (Å²) in [6.45, 7) is 6.24. The first-order valence-electron chi connectivity index (χ1n) is 13.7. The maximum absolute atomic E-state index is 13.1. The number of hydrazine groups is 1. The topological polar surface area (TPSA) is 106 Å². The molecule has 2 aliphatic heterocycles. The Bertz CT molecular complexity index is 1160. The van der Waals surface area contributed by atoms with Crippen molar-refractivity contribution < 1.29 is 14.3 Å². The molecular weight excluding hydrogens is 484 g/mol. The summed E-state index contributed by atoms with van der Waals surface area (Å²) < 4.78 is 5.60. The molecule has 11 nitrogen and oxygen atoms in total. The molecule has 3 amide bonds. The molecule has 11 heteroatoms. The van der Waals surface area contributed by atoms with E-state index in [9.17, 15) is 9.59 Å². The fraction of sp³-hybridized carbons (Fsp3) is 0.556. The Morgan fingerprint density at radius 1 is 1.16 bits per heavy atom. The van der Waals surface area contributed by atoms with E-state index in [1.807, 2.05) is 6.92 Å². The van der Waals surface area contributed by atoms with E-state index in [-0.39, 0.29) is 18.0 Å². The lowest BCUT2D eigenvalue weighted by atomic mass is 10.1. The zero-order chi connectivity index (χ0) is 26.6. The number of nitrogens with zero attached hydrogens (tertiary/aromatic N) is 6. The van der Waals surface area contributed by atoms with Gasteiger partial charge in [-0.3, -0.25) is 14.7 Å². The highest BCUT2D eigenvalue weighted by molar-refractivity contribution is 5.99. The molecule has 2 fully saturated rings. The first-order chi connectivity index (χ1) is 18.5. The van der Waals surface area contributed by atoms with Crippen molar-refractivity contribution in [1.29, 1.82) is 0 Å². The minimum Gasteiger partial charge on any atom is -0.495 e. The Kier molecular flexibility index (Phi) is 7.82. The van der Waals surface area contributed by atoms with Crippen molar-refractivity contribution in [3.05, 3.63) is 30.0 Å². The summed E-state index contributed by atoms with van der Waals surface area (Å²) in [5.41, 5.74) is 1.87. The summed E-state index contributed by atoms with van der Waals surface area (Å²) in [7, 11) is 3.33. The van der Waals surface area contributed by atoms with Crippen LogP contribution < -0.4 is 25.3 Å². The van der Waals surface area contributed by atoms with Crippen LogP contribution in [0.3, 0.4) is 0 Å². The normalized spacial score (nSPS) is 18.2. The fourth-order valence-electron chi connectivity index (χ4n) is 5.61. The molecule has 0 unspecified atom stereocenters. The summed E-state index contributed by atoms with van der Waals surface area (Å²) >= 11 is 0. The van der Waals surface area contributed by atoms with Crippen LogP contribution in [-0.4, -0.2) is 84.7 Å². The van der Waals surface area contributed by atoms with E-state index in [0.717, 1.165) is 45.3 Å². The van der Waals surface area contributed by atoms with Gasteiger partial charge in [0.25, 0.3) is 5.91 Å². The molecule has 1 aromatic heterocycles. The predicted molar refractivity (Wildman–Crippen MR) is 147 cm³/mol. The van der Waals surface area contributed by atoms with Gasteiger partial charge in [-0.05, 0) is 63.9 Å². The first kappa shape index (κ1) is 26.0. The van der Waals surface area contributed by atoms with E-state index in [2.05, 4.69) is 25.5 Å². The number of methoxy groups -OCH3 is 1. The van der Waals surface area contributed by atoms with Gasteiger partial charge in [-0.25, -0.2) is 14.8 Å². The van der Waals surface area contributed by atoms with Gasteiger partial charge in [0.15, 0.2) is 5.82 Å². The van der Waals surface area contributed by atoms with Gasteiger partial charge in [0, 0.05) is 32.2 Å². The van der Waals surface area contributed by atoms with Gasteiger partial charge in [0.05, 0.1) is 25.0 Å². The second kappa shape index (κ2) is 11.4. The van der Waals surface area contributed by atoms with Crippen molar-refractivity contribution in [1.82, 2.24) is 25.2 Å². The Labute approximate surface area is 224 Å². The SMILES string of the molecule is CCN1C(=O)N(C)c2cnc(Nc3ccc(C(=O)NCCN4CCCC4)cc3OC)nc2N1C1CCCC1. The largest absolute Gasteiger partial charge is 0.495 e. The highest BCUT2D eigenvalue weighted by Gasteiger charge is 2.39. The van der Waals surface area contributed by atoms with Crippen LogP contribution in [0.4, 0.5) is 27.9 Å². The van der Waals surface area contributed by atoms with Gasteiger partial charge in [-0.2, -0.15) is 4.98 Å². The molecule has 0 radical (unpaired) electrons. The van der Waals surface area contributed by atoms with Crippen LogP contribution in [0.25, 0.3) is 0 Å². The van der Waals surface area contributed by atoms with Crippen LogP contribution in [-0.2, 0) is 0 Å². The molecule has 1 saturated carbocycles. The maximum Gasteiger partial charge on any atom is 0.343 e. The third-order valence-electron chi connectivity index (χ3n) is 7.69. The van der Waals surface area contributed by atoms with E-state index >= 15 is 0 Å². The van der Waals surface area contributed by atoms with Gasteiger partial charge >= 0.3 is 6.03 Å². The number of hydrogen-bond acceptors (Lipinski definition) is 8. The number of amides is 3. The Morgan fingerprint density at radius 3 is 2.63 bits per heavy atom. The maximum atomic E-state index is 13.1. The van der Waals surface area contributed by atoms with Crippen LogP contribution >= 0.6 is 0 Å². The standard InChI is InChI=1S/C27H38N8O3/c1-4-34-27(37)32(2)22-18-29-26(31-24(22)35(34)20-9-5-6-10-20)30-21-12-11-19(17-23(21)38-3)25(36)28-13-16-33-14-7-8-15-33/h11-12,17-18,20H,4-10,13-16H2,1-3H3,(H,28,36)(H,29,30,31). The Hall–Kier alpha value is -3.60. The van der Waals surface area contributed by atoms with Crippen LogP contribution in [0.5, 0.6) is 5.75 Å². The summed E-state index contributed by atoms with van der Waals surface area (Å²) in [5, 5.41) is 10.1. The third kappa shape index (κ3) is 5.20. The van der Waals surface area contributed by atoms with Crippen LogP contribution in [0, 0.1) is 0 Å². The lowest BCUT2D eigenvalue weighted by molar-refractivity contribution is 0.0949. The summed E-state index contributed by atoms with van der Waals surface area (Å²) in [5.74, 6) is 1.50. The first-order valence-corrected chi connectivity index (χ1v) is 13.7. The Balaban J connectivity index is 1.34. The zero-order valence-electron chi connectivity index (χ0n) is 22.6. The number of rotatable bonds is 9. The number of fused-ring (bicyclic) bond motifs is 1. The molecule has 3 heterocycles. The Morgan fingerprint density at radius 2 is 1.92 bits per heavy atom. The monoisotopic (exact) mass is 522 g/mol. The van der Waals surface area contributed by atoms with E-state index in [1.54, 1.807) is 48.5 Å². The number of nitrogens with one attached hydrogen (secondary N) is 2. The van der Waals surface area contributed by atoms with Crippen molar-refractivity contribution in [3.8, 4) is 5.75 Å². The molecule has 2 N–H and O–H groups in total. The number of carbonyl (C=O) groups excluding carboxylic acids is 2. The average molecular weight is 523 g/mol. The average Bonchev–Trinajstić information content (AvgIpc) is 3.65. The van der Waals surface area contributed by atoms with E-state index in [0.29, 0.717) is 47.5 Å². The van der Waals surface area contributed by atoms with Gasteiger partial charge in [-0.1, -0.05) is 12.8 Å². The second-order valence-electron chi connectivity index (χ2n) is 10.1. The lowest BCUT2D eigenvalue weighted by Crippen LogP contribution is -2.59.